The van der Waals surface area contributed by atoms with Gasteiger partial charge in [0.2, 0.25) is 0 Å². The van der Waals surface area contributed by atoms with E-state index in [1.54, 1.807) is 26.5 Å². The van der Waals surface area contributed by atoms with Crippen molar-refractivity contribution in [1.82, 2.24) is 9.88 Å². The number of piperidine rings is 1. The summed E-state index contributed by atoms with van der Waals surface area (Å²) in [6, 6.07) is 13.3. The summed E-state index contributed by atoms with van der Waals surface area (Å²) in [7, 11) is 3.28. The van der Waals surface area contributed by atoms with Crippen molar-refractivity contribution in [3.8, 4) is 11.5 Å². The van der Waals surface area contributed by atoms with E-state index < -0.39 is 11.7 Å². The van der Waals surface area contributed by atoms with Crippen LogP contribution in [0, 0.1) is 0 Å². The number of carboxylic acid groups (broad SMARTS) is 1. The summed E-state index contributed by atoms with van der Waals surface area (Å²) in [6.45, 7) is 1.10. The molecular formula is C24H25ClN2O5. The van der Waals surface area contributed by atoms with Crippen molar-refractivity contribution in [2.45, 2.75) is 25.0 Å². The Labute approximate surface area is 191 Å². The molecule has 2 aromatic carbocycles. The minimum Gasteiger partial charge on any atom is -0.497 e. The van der Waals surface area contributed by atoms with Crippen molar-refractivity contribution in [3.05, 3.63) is 64.8 Å². The SMILES string of the molecule is COc1ccc(COc2cc3nccc(Cl)c3cc2C2(OC)CCN(C(=O)O)CC2)cc1. The number of fused-ring (bicyclic) bond motifs is 1. The molecule has 3 aromatic rings. The molecule has 168 valence electrons. The third-order valence-corrected chi connectivity index (χ3v) is 6.40. The first-order valence-electron chi connectivity index (χ1n) is 10.3. The number of halogens is 1. The van der Waals surface area contributed by atoms with Gasteiger partial charge >= 0.3 is 6.09 Å². The monoisotopic (exact) mass is 456 g/mol. The van der Waals surface area contributed by atoms with Gasteiger partial charge in [0.15, 0.2) is 0 Å². The van der Waals surface area contributed by atoms with E-state index in [-0.39, 0.29) is 0 Å². The maximum atomic E-state index is 11.4. The molecule has 0 saturated carbocycles. The predicted molar refractivity (Wildman–Crippen MR) is 122 cm³/mol. The molecule has 1 fully saturated rings. The van der Waals surface area contributed by atoms with Crippen molar-refractivity contribution in [2.75, 3.05) is 27.3 Å². The molecule has 32 heavy (non-hydrogen) atoms. The third kappa shape index (κ3) is 4.31. The van der Waals surface area contributed by atoms with Gasteiger partial charge in [-0.2, -0.15) is 0 Å². The van der Waals surface area contributed by atoms with Gasteiger partial charge < -0.3 is 24.2 Å². The summed E-state index contributed by atoms with van der Waals surface area (Å²) in [6.07, 6.45) is 1.77. The van der Waals surface area contributed by atoms with E-state index in [2.05, 4.69) is 4.98 Å². The summed E-state index contributed by atoms with van der Waals surface area (Å²) in [4.78, 5) is 17.3. The lowest BCUT2D eigenvalue weighted by atomic mass is 9.83. The van der Waals surface area contributed by atoms with Gasteiger partial charge in [0.05, 0.1) is 23.3 Å². The van der Waals surface area contributed by atoms with Gasteiger partial charge in [-0.15, -0.1) is 0 Å². The second-order valence-corrected chi connectivity index (χ2v) is 8.17. The molecule has 0 spiro atoms. The van der Waals surface area contributed by atoms with Crippen molar-refractivity contribution >= 4 is 28.6 Å². The average molecular weight is 457 g/mol. The minimum absolute atomic E-state index is 0.351. The number of rotatable bonds is 6. The zero-order chi connectivity index (χ0) is 22.7. The fourth-order valence-electron chi connectivity index (χ4n) is 4.14. The lowest BCUT2D eigenvalue weighted by Crippen LogP contribution is -2.45. The Balaban J connectivity index is 1.71. The number of hydrogen-bond acceptors (Lipinski definition) is 5. The molecule has 1 saturated heterocycles. The van der Waals surface area contributed by atoms with Gasteiger partial charge in [-0.1, -0.05) is 23.7 Å². The van der Waals surface area contributed by atoms with Crippen molar-refractivity contribution in [1.29, 1.82) is 0 Å². The summed E-state index contributed by atoms with van der Waals surface area (Å²) in [5.41, 5.74) is 1.87. The molecule has 0 bridgehead atoms. The highest BCUT2D eigenvalue weighted by Crippen LogP contribution is 2.43. The van der Waals surface area contributed by atoms with Crippen LogP contribution in [0.15, 0.2) is 48.7 Å². The molecule has 7 nitrogen and oxygen atoms in total. The summed E-state index contributed by atoms with van der Waals surface area (Å²) < 4.78 is 17.5. The molecule has 0 atom stereocenters. The first-order valence-corrected chi connectivity index (χ1v) is 10.7. The van der Waals surface area contributed by atoms with Crippen LogP contribution in [-0.4, -0.2) is 48.4 Å². The van der Waals surface area contributed by atoms with Crippen LogP contribution in [0.2, 0.25) is 5.02 Å². The van der Waals surface area contributed by atoms with E-state index in [1.807, 2.05) is 36.4 Å². The molecule has 1 aliphatic heterocycles. The van der Waals surface area contributed by atoms with Gasteiger partial charge in [-0.25, -0.2) is 4.79 Å². The number of hydrogen-bond donors (Lipinski definition) is 1. The molecule has 1 aliphatic rings. The van der Waals surface area contributed by atoms with Gasteiger partial charge in [-0.3, -0.25) is 4.98 Å². The van der Waals surface area contributed by atoms with Crippen LogP contribution in [0.1, 0.15) is 24.0 Å². The number of amides is 1. The van der Waals surface area contributed by atoms with Crippen LogP contribution in [0.5, 0.6) is 11.5 Å². The van der Waals surface area contributed by atoms with Gasteiger partial charge in [0.25, 0.3) is 0 Å². The van der Waals surface area contributed by atoms with Gasteiger partial charge in [0, 0.05) is 43.4 Å². The number of pyridine rings is 1. The lowest BCUT2D eigenvalue weighted by molar-refractivity contribution is -0.0598. The first kappa shape index (κ1) is 22.2. The van der Waals surface area contributed by atoms with E-state index in [0.29, 0.717) is 43.3 Å². The van der Waals surface area contributed by atoms with Crippen LogP contribution < -0.4 is 9.47 Å². The van der Waals surface area contributed by atoms with Crippen LogP contribution in [0.25, 0.3) is 10.9 Å². The molecule has 0 aliphatic carbocycles. The molecule has 4 rings (SSSR count). The Bertz CT molecular complexity index is 1110. The highest BCUT2D eigenvalue weighted by atomic mass is 35.5. The topological polar surface area (TPSA) is 81.1 Å². The van der Waals surface area contributed by atoms with Crippen molar-refractivity contribution in [2.24, 2.45) is 0 Å². The Morgan fingerprint density at radius 2 is 1.88 bits per heavy atom. The number of likely N-dealkylation sites (tertiary alicyclic amines) is 1. The highest BCUT2D eigenvalue weighted by molar-refractivity contribution is 6.35. The molecule has 2 heterocycles. The highest BCUT2D eigenvalue weighted by Gasteiger charge is 2.40. The number of nitrogens with zero attached hydrogens (tertiary/aromatic N) is 2. The standard InChI is InChI=1S/C24H25ClN2O5/c1-30-17-5-3-16(4-6-17)15-32-22-14-21-18(20(25)7-10-26-21)13-19(22)24(31-2)8-11-27(12-9-24)23(28)29/h3-7,10,13-14H,8-9,11-12,15H2,1-2H3,(H,28,29). The Kier molecular flexibility index (Phi) is 6.39. The van der Waals surface area contributed by atoms with Gasteiger partial charge in [-0.05, 0) is 42.7 Å². The molecule has 0 radical (unpaired) electrons. The third-order valence-electron chi connectivity index (χ3n) is 6.07. The Morgan fingerprint density at radius 3 is 2.50 bits per heavy atom. The fourth-order valence-corrected chi connectivity index (χ4v) is 4.35. The second kappa shape index (κ2) is 9.22. The van der Waals surface area contributed by atoms with E-state index in [1.165, 1.54) is 4.90 Å². The first-order chi connectivity index (χ1) is 15.5. The number of benzene rings is 2. The number of aromatic nitrogens is 1. The van der Waals surface area contributed by atoms with Crippen LogP contribution >= 0.6 is 11.6 Å². The molecule has 8 heteroatoms. The van der Waals surface area contributed by atoms with E-state index in [0.717, 1.165) is 27.8 Å². The average Bonchev–Trinajstić information content (AvgIpc) is 2.82. The second-order valence-electron chi connectivity index (χ2n) is 7.76. The predicted octanol–water partition coefficient (Wildman–Crippen LogP) is 5.09. The molecule has 1 amide bonds. The summed E-state index contributed by atoms with van der Waals surface area (Å²) in [5.74, 6) is 1.43. The van der Waals surface area contributed by atoms with Crippen LogP contribution in [0.3, 0.4) is 0 Å². The quantitative estimate of drug-likeness (QED) is 0.556. The normalized spacial score (nSPS) is 15.5. The Hall–Kier alpha value is -3.03. The van der Waals surface area contributed by atoms with Crippen molar-refractivity contribution < 1.29 is 24.1 Å². The van der Waals surface area contributed by atoms with E-state index in [9.17, 15) is 9.90 Å². The number of carbonyl (C=O) groups is 1. The largest absolute Gasteiger partial charge is 0.497 e. The molecule has 1 N–H and O–H groups in total. The summed E-state index contributed by atoms with van der Waals surface area (Å²) >= 11 is 6.46. The van der Waals surface area contributed by atoms with E-state index >= 15 is 0 Å². The zero-order valence-electron chi connectivity index (χ0n) is 18.0. The molecule has 1 aromatic heterocycles. The van der Waals surface area contributed by atoms with Gasteiger partial charge in [0.1, 0.15) is 18.1 Å². The van der Waals surface area contributed by atoms with Crippen molar-refractivity contribution in [3.63, 3.8) is 0 Å². The number of ether oxygens (including phenoxy) is 3. The number of methoxy groups -OCH3 is 2. The zero-order valence-corrected chi connectivity index (χ0v) is 18.8. The molecule has 0 unspecified atom stereocenters. The van der Waals surface area contributed by atoms with Crippen LogP contribution in [0.4, 0.5) is 4.79 Å². The fraction of sp³-hybridized carbons (Fsp3) is 0.333. The molecular weight excluding hydrogens is 432 g/mol. The van der Waals surface area contributed by atoms with E-state index in [4.69, 9.17) is 25.8 Å². The van der Waals surface area contributed by atoms with Crippen LogP contribution in [-0.2, 0) is 16.9 Å². The maximum absolute atomic E-state index is 11.4. The minimum atomic E-state index is -0.920. The summed E-state index contributed by atoms with van der Waals surface area (Å²) in [5, 5.41) is 10.8. The smallest absolute Gasteiger partial charge is 0.407 e. The Morgan fingerprint density at radius 1 is 1.16 bits per heavy atom. The maximum Gasteiger partial charge on any atom is 0.407 e. The lowest BCUT2D eigenvalue weighted by Gasteiger charge is -2.41.